The van der Waals surface area contributed by atoms with Crippen molar-refractivity contribution >= 4 is 9.24 Å². The molecule has 0 saturated heterocycles. The minimum Gasteiger partial charge on any atom is -0.137 e. The van der Waals surface area contributed by atoms with Crippen molar-refractivity contribution in [2.45, 2.75) is 0 Å². The Kier molecular flexibility index (Phi) is 2.22. The van der Waals surface area contributed by atoms with Gasteiger partial charge in [0, 0.05) is 0 Å². The molecule has 0 spiro atoms. The second-order valence-electron chi connectivity index (χ2n) is 1.33. The molecule has 1 aliphatic heterocycles. The number of hydrogen-bond acceptors (Lipinski definition) is 4. The van der Waals surface area contributed by atoms with Gasteiger partial charge >= 0.3 is 0 Å². The molecule has 0 fully saturated rings. The molecule has 0 aromatic carbocycles. The van der Waals surface area contributed by atoms with Crippen LogP contribution >= 0.6 is 9.24 Å². The van der Waals surface area contributed by atoms with Gasteiger partial charge in [0.1, 0.15) is 0 Å². The Hall–Kier alpha value is -0.890. The Balaban J connectivity index is 2.77. The summed E-state index contributed by atoms with van der Waals surface area (Å²) in [5, 5.41) is 13.8. The van der Waals surface area contributed by atoms with Gasteiger partial charge in [0.05, 0.1) is 11.6 Å². The molecule has 1 unspecified atom stereocenters. The molecular weight excluding hydrogens is 135 g/mol. The Morgan fingerprint density at radius 1 is 1.33 bits per heavy atom. The summed E-state index contributed by atoms with van der Waals surface area (Å²) in [6.45, 7) is 0. The normalized spacial score (nSPS) is 16.8. The predicted octanol–water partition coefficient (Wildman–Crippen LogP) is 2.05. The molecule has 46 valence electrons. The molecule has 5 heteroatoms. The zero-order chi connectivity index (χ0) is 6.53. The molecule has 0 aliphatic carbocycles. The zero-order valence-electron chi connectivity index (χ0n) is 4.60. The van der Waals surface area contributed by atoms with E-state index in [4.69, 9.17) is 0 Å². The lowest BCUT2D eigenvalue weighted by Crippen LogP contribution is -1.61. The van der Waals surface area contributed by atoms with Crippen molar-refractivity contribution in [2.75, 3.05) is 0 Å². The smallest absolute Gasteiger partial charge is 0.0814 e. The third-order valence-corrected chi connectivity index (χ3v) is 0.979. The number of allylic oxidation sites excluding steroid dienone is 2. The minimum atomic E-state index is 0.741. The Bertz CT molecular complexity index is 203. The van der Waals surface area contributed by atoms with E-state index in [-0.39, 0.29) is 0 Å². The van der Waals surface area contributed by atoms with Crippen LogP contribution in [0.2, 0.25) is 0 Å². The van der Waals surface area contributed by atoms with E-state index in [1.165, 1.54) is 0 Å². The van der Waals surface area contributed by atoms with Crippen molar-refractivity contribution < 1.29 is 0 Å². The van der Waals surface area contributed by atoms with Crippen molar-refractivity contribution in [1.82, 2.24) is 0 Å². The standard InChI is InChI=1S/C4H5N4P/c9-4-2-1-3-5-7-8-6-4/h1-3H,9H2. The molecular formula is C4H5N4P. The molecule has 1 heterocycles. The molecule has 0 aromatic rings. The van der Waals surface area contributed by atoms with Gasteiger partial charge in [-0.15, -0.1) is 10.2 Å². The maximum Gasteiger partial charge on any atom is 0.0814 e. The van der Waals surface area contributed by atoms with E-state index in [1.807, 2.05) is 0 Å². The van der Waals surface area contributed by atoms with Crippen LogP contribution in [-0.4, -0.2) is 0 Å². The highest BCUT2D eigenvalue weighted by Crippen LogP contribution is 2.08. The van der Waals surface area contributed by atoms with E-state index in [1.54, 1.807) is 18.4 Å². The second kappa shape index (κ2) is 3.20. The first-order valence-electron chi connectivity index (χ1n) is 2.33. The number of rotatable bonds is 0. The van der Waals surface area contributed by atoms with Gasteiger partial charge in [0.2, 0.25) is 0 Å². The van der Waals surface area contributed by atoms with E-state index in [9.17, 15) is 0 Å². The summed E-state index contributed by atoms with van der Waals surface area (Å²) in [6, 6.07) is 0. The molecule has 0 saturated carbocycles. The summed E-state index contributed by atoms with van der Waals surface area (Å²) in [6.07, 6.45) is 5.05. The maximum absolute atomic E-state index is 3.62. The third kappa shape index (κ3) is 2.24. The van der Waals surface area contributed by atoms with Gasteiger partial charge in [-0.25, -0.2) is 0 Å². The fraction of sp³-hybridized carbons (Fsp3) is 0. The SMILES string of the molecule is PC1=CC=CN=NN=N1. The van der Waals surface area contributed by atoms with Crippen LogP contribution in [-0.2, 0) is 0 Å². The van der Waals surface area contributed by atoms with Gasteiger partial charge in [0.15, 0.2) is 0 Å². The highest BCUT2D eigenvalue weighted by atomic mass is 31.0. The fourth-order valence-corrected chi connectivity index (χ4v) is 0.501. The van der Waals surface area contributed by atoms with Crippen molar-refractivity contribution in [3.8, 4) is 0 Å². The second-order valence-corrected chi connectivity index (χ2v) is 1.92. The van der Waals surface area contributed by atoms with Gasteiger partial charge in [-0.3, -0.25) is 0 Å². The topological polar surface area (TPSA) is 49.4 Å². The third-order valence-electron chi connectivity index (χ3n) is 0.672. The van der Waals surface area contributed by atoms with E-state index in [0.29, 0.717) is 0 Å². The van der Waals surface area contributed by atoms with Crippen molar-refractivity contribution in [2.24, 2.45) is 20.7 Å². The van der Waals surface area contributed by atoms with E-state index in [0.717, 1.165) is 5.44 Å². The summed E-state index contributed by atoms with van der Waals surface area (Å²) in [5.41, 5.74) is 0.741. The molecule has 0 bridgehead atoms. The average Bonchev–Trinajstić information content (AvgIpc) is 1.79. The van der Waals surface area contributed by atoms with Crippen LogP contribution in [0.4, 0.5) is 0 Å². The summed E-state index contributed by atoms with van der Waals surface area (Å²) in [4.78, 5) is 0. The fourth-order valence-electron chi connectivity index (χ4n) is 0.338. The van der Waals surface area contributed by atoms with E-state index >= 15 is 0 Å². The first kappa shape index (κ1) is 6.23. The first-order valence-corrected chi connectivity index (χ1v) is 2.90. The summed E-state index contributed by atoms with van der Waals surface area (Å²) < 4.78 is 0. The highest BCUT2D eigenvalue weighted by molar-refractivity contribution is 7.22. The van der Waals surface area contributed by atoms with Gasteiger partial charge in [-0.2, -0.15) is 0 Å². The van der Waals surface area contributed by atoms with Gasteiger partial charge in [0.25, 0.3) is 0 Å². The van der Waals surface area contributed by atoms with Crippen LogP contribution in [0.25, 0.3) is 0 Å². The number of hydrogen-bond donors (Lipinski definition) is 0. The number of nitrogens with zero attached hydrogens (tertiary/aromatic N) is 4. The summed E-state index contributed by atoms with van der Waals surface area (Å²) in [5.74, 6) is 0. The van der Waals surface area contributed by atoms with Crippen molar-refractivity contribution in [3.05, 3.63) is 23.8 Å². The predicted molar refractivity (Wildman–Crippen MR) is 36.6 cm³/mol. The lowest BCUT2D eigenvalue weighted by molar-refractivity contribution is 0.941. The van der Waals surface area contributed by atoms with Gasteiger partial charge in [-0.1, -0.05) is 9.24 Å². The van der Waals surface area contributed by atoms with Crippen LogP contribution < -0.4 is 0 Å². The Morgan fingerprint density at radius 3 is 3.11 bits per heavy atom. The molecule has 0 aromatic heterocycles. The molecule has 1 aliphatic rings. The summed E-state index contributed by atoms with van der Waals surface area (Å²) >= 11 is 0. The lowest BCUT2D eigenvalue weighted by atomic mass is 10.6. The first-order chi connectivity index (χ1) is 4.39. The summed E-state index contributed by atoms with van der Waals surface area (Å²) in [7, 11) is 2.41. The van der Waals surface area contributed by atoms with E-state index < -0.39 is 0 Å². The van der Waals surface area contributed by atoms with Crippen molar-refractivity contribution in [1.29, 1.82) is 0 Å². The van der Waals surface area contributed by atoms with Crippen LogP contribution in [0.3, 0.4) is 0 Å². The molecule has 0 N–H and O–H groups in total. The molecule has 0 radical (unpaired) electrons. The van der Waals surface area contributed by atoms with Gasteiger partial charge < -0.3 is 0 Å². The van der Waals surface area contributed by atoms with Crippen LogP contribution in [0, 0.1) is 0 Å². The molecule has 4 nitrogen and oxygen atoms in total. The van der Waals surface area contributed by atoms with E-state index in [2.05, 4.69) is 29.9 Å². The molecule has 9 heavy (non-hydrogen) atoms. The monoisotopic (exact) mass is 140 g/mol. The lowest BCUT2D eigenvalue weighted by Gasteiger charge is -1.84. The molecule has 0 amide bonds. The largest absolute Gasteiger partial charge is 0.137 e. The van der Waals surface area contributed by atoms with Crippen molar-refractivity contribution in [3.63, 3.8) is 0 Å². The maximum atomic E-state index is 3.62. The van der Waals surface area contributed by atoms with Crippen LogP contribution in [0.5, 0.6) is 0 Å². The van der Waals surface area contributed by atoms with Gasteiger partial charge in [-0.05, 0) is 22.6 Å². The van der Waals surface area contributed by atoms with Crippen LogP contribution in [0.15, 0.2) is 44.5 Å². The molecule has 1 rings (SSSR count). The van der Waals surface area contributed by atoms with Crippen LogP contribution in [0.1, 0.15) is 0 Å². The quantitative estimate of drug-likeness (QED) is 0.462. The highest BCUT2D eigenvalue weighted by Gasteiger charge is 1.80. The average molecular weight is 140 g/mol. The molecule has 1 atom stereocenters. The Labute approximate surface area is 54.6 Å². The Morgan fingerprint density at radius 2 is 2.22 bits per heavy atom. The minimum absolute atomic E-state index is 0.741. The zero-order valence-corrected chi connectivity index (χ0v) is 5.75.